The lowest BCUT2D eigenvalue weighted by atomic mass is 10.1. The van der Waals surface area contributed by atoms with E-state index >= 15 is 0 Å². The molecule has 1 aliphatic rings. The lowest BCUT2D eigenvalue weighted by molar-refractivity contribution is -0.130. The van der Waals surface area contributed by atoms with E-state index < -0.39 is 0 Å². The van der Waals surface area contributed by atoms with Crippen LogP contribution in [0.1, 0.15) is 19.3 Å². The molecule has 0 saturated carbocycles. The first-order valence-electron chi connectivity index (χ1n) is 7.31. The quantitative estimate of drug-likeness (QED) is 0.884. The Labute approximate surface area is 123 Å². The van der Waals surface area contributed by atoms with Crippen molar-refractivity contribution in [3.05, 3.63) is 18.6 Å². The summed E-state index contributed by atoms with van der Waals surface area (Å²) in [7, 11) is 1.81. The zero-order valence-corrected chi connectivity index (χ0v) is 12.2. The average Bonchev–Trinajstić information content (AvgIpc) is 3.01. The molecule has 2 aromatic rings. The van der Waals surface area contributed by atoms with Gasteiger partial charge in [0, 0.05) is 32.5 Å². The van der Waals surface area contributed by atoms with Crippen LogP contribution in [-0.4, -0.2) is 51.9 Å². The van der Waals surface area contributed by atoms with E-state index in [0.717, 1.165) is 37.4 Å². The first-order chi connectivity index (χ1) is 10.3. The summed E-state index contributed by atoms with van der Waals surface area (Å²) in [6.45, 7) is 1.98. The summed E-state index contributed by atoms with van der Waals surface area (Å²) < 4.78 is 1.88. The standard InChI is InChI=1S/C14H20N6O/c1-15-11-10-20-8-5-16-14(20)13(18-11)17-9-12(21)19-6-3-2-4-7-19/h5,8,10,15H,2-4,6-7,9H2,1H3,(H,17,18). The third kappa shape index (κ3) is 2.91. The molecule has 1 amide bonds. The van der Waals surface area contributed by atoms with Crippen LogP contribution in [0.4, 0.5) is 11.6 Å². The summed E-state index contributed by atoms with van der Waals surface area (Å²) >= 11 is 0. The van der Waals surface area contributed by atoms with E-state index in [1.165, 1.54) is 6.42 Å². The van der Waals surface area contributed by atoms with Crippen LogP contribution in [0.5, 0.6) is 0 Å². The molecule has 0 bridgehead atoms. The van der Waals surface area contributed by atoms with E-state index in [4.69, 9.17) is 0 Å². The van der Waals surface area contributed by atoms with Crippen molar-refractivity contribution in [2.24, 2.45) is 0 Å². The van der Waals surface area contributed by atoms with Gasteiger partial charge in [0.25, 0.3) is 0 Å². The SMILES string of the molecule is CNc1cn2ccnc2c(NCC(=O)N2CCCCC2)n1. The van der Waals surface area contributed by atoms with Gasteiger partial charge in [0.15, 0.2) is 11.5 Å². The highest BCUT2D eigenvalue weighted by molar-refractivity contribution is 5.82. The molecule has 7 heteroatoms. The minimum absolute atomic E-state index is 0.121. The molecule has 3 rings (SSSR count). The summed E-state index contributed by atoms with van der Waals surface area (Å²) in [5.41, 5.74) is 0.723. The lowest BCUT2D eigenvalue weighted by Crippen LogP contribution is -2.39. The molecule has 21 heavy (non-hydrogen) atoms. The second-order valence-corrected chi connectivity index (χ2v) is 5.18. The number of anilines is 2. The van der Waals surface area contributed by atoms with Crippen LogP contribution in [0.25, 0.3) is 5.65 Å². The third-order valence-electron chi connectivity index (χ3n) is 3.75. The molecule has 0 unspecified atom stereocenters. The van der Waals surface area contributed by atoms with Crippen molar-refractivity contribution in [1.82, 2.24) is 19.3 Å². The third-order valence-corrected chi connectivity index (χ3v) is 3.75. The Balaban J connectivity index is 1.72. The predicted octanol–water partition coefficient (Wildman–Crippen LogP) is 1.20. The Morgan fingerprint density at radius 2 is 2.14 bits per heavy atom. The first kappa shape index (κ1) is 13.7. The van der Waals surface area contributed by atoms with E-state index in [1.54, 1.807) is 6.20 Å². The maximum absolute atomic E-state index is 12.2. The van der Waals surface area contributed by atoms with E-state index in [1.807, 2.05) is 28.7 Å². The van der Waals surface area contributed by atoms with Crippen molar-refractivity contribution >= 4 is 23.2 Å². The summed E-state index contributed by atoms with van der Waals surface area (Å²) in [4.78, 5) is 22.8. The van der Waals surface area contributed by atoms with Gasteiger partial charge in [-0.3, -0.25) is 4.79 Å². The molecule has 1 aliphatic heterocycles. The highest BCUT2D eigenvalue weighted by Crippen LogP contribution is 2.16. The number of carbonyl (C=O) groups excluding carboxylic acids is 1. The van der Waals surface area contributed by atoms with Crippen LogP contribution < -0.4 is 10.6 Å². The Bertz CT molecular complexity index is 631. The number of hydrogen-bond donors (Lipinski definition) is 2. The second kappa shape index (κ2) is 5.99. The number of aromatic nitrogens is 3. The van der Waals surface area contributed by atoms with Crippen LogP contribution in [-0.2, 0) is 4.79 Å². The van der Waals surface area contributed by atoms with Crippen molar-refractivity contribution in [3.8, 4) is 0 Å². The van der Waals surface area contributed by atoms with Crippen molar-refractivity contribution in [1.29, 1.82) is 0 Å². The van der Waals surface area contributed by atoms with Crippen molar-refractivity contribution in [2.75, 3.05) is 37.3 Å². The zero-order chi connectivity index (χ0) is 14.7. The van der Waals surface area contributed by atoms with Crippen LogP contribution in [0.2, 0.25) is 0 Å². The fourth-order valence-electron chi connectivity index (χ4n) is 2.59. The van der Waals surface area contributed by atoms with Crippen molar-refractivity contribution < 1.29 is 4.79 Å². The number of carbonyl (C=O) groups is 1. The molecule has 112 valence electrons. The maximum atomic E-state index is 12.2. The predicted molar refractivity (Wildman–Crippen MR) is 81.5 cm³/mol. The normalized spacial score (nSPS) is 15.2. The summed E-state index contributed by atoms with van der Waals surface area (Å²) in [6, 6.07) is 0. The molecule has 3 heterocycles. The van der Waals surface area contributed by atoms with Gasteiger partial charge < -0.3 is 19.9 Å². The molecular weight excluding hydrogens is 268 g/mol. The molecule has 1 saturated heterocycles. The van der Waals surface area contributed by atoms with Gasteiger partial charge in [-0.15, -0.1) is 0 Å². The Kier molecular flexibility index (Phi) is 3.89. The van der Waals surface area contributed by atoms with Crippen LogP contribution in [0.3, 0.4) is 0 Å². The van der Waals surface area contributed by atoms with E-state index in [9.17, 15) is 4.79 Å². The second-order valence-electron chi connectivity index (χ2n) is 5.18. The maximum Gasteiger partial charge on any atom is 0.241 e. The number of rotatable bonds is 4. The van der Waals surface area contributed by atoms with Crippen molar-refractivity contribution in [2.45, 2.75) is 19.3 Å². The van der Waals surface area contributed by atoms with Crippen LogP contribution >= 0.6 is 0 Å². The highest BCUT2D eigenvalue weighted by Gasteiger charge is 2.17. The first-order valence-corrected chi connectivity index (χ1v) is 7.31. The van der Waals surface area contributed by atoms with Gasteiger partial charge in [-0.2, -0.15) is 0 Å². The van der Waals surface area contributed by atoms with E-state index in [0.29, 0.717) is 5.82 Å². The molecule has 2 N–H and O–H groups in total. The van der Waals surface area contributed by atoms with Gasteiger partial charge in [-0.1, -0.05) is 0 Å². The molecule has 0 radical (unpaired) electrons. The smallest absolute Gasteiger partial charge is 0.241 e. The van der Waals surface area contributed by atoms with Gasteiger partial charge in [-0.25, -0.2) is 9.97 Å². The average molecular weight is 288 g/mol. The summed E-state index contributed by atoms with van der Waals surface area (Å²) in [5, 5.41) is 6.13. The Morgan fingerprint density at radius 3 is 2.90 bits per heavy atom. The minimum atomic E-state index is 0.121. The van der Waals surface area contributed by atoms with Gasteiger partial charge in [0.1, 0.15) is 5.82 Å². The lowest BCUT2D eigenvalue weighted by Gasteiger charge is -2.26. The van der Waals surface area contributed by atoms with Gasteiger partial charge in [-0.05, 0) is 19.3 Å². The largest absolute Gasteiger partial charge is 0.372 e. The number of piperidine rings is 1. The van der Waals surface area contributed by atoms with Crippen molar-refractivity contribution in [3.63, 3.8) is 0 Å². The highest BCUT2D eigenvalue weighted by atomic mass is 16.2. The molecule has 0 aromatic carbocycles. The molecule has 2 aromatic heterocycles. The number of amides is 1. The number of hydrogen-bond acceptors (Lipinski definition) is 5. The summed E-state index contributed by atoms with van der Waals surface area (Å²) in [6.07, 6.45) is 8.86. The zero-order valence-electron chi connectivity index (χ0n) is 12.2. The molecular formula is C14H20N6O. The van der Waals surface area contributed by atoms with Gasteiger partial charge in [0.05, 0.1) is 12.7 Å². The minimum Gasteiger partial charge on any atom is -0.372 e. The van der Waals surface area contributed by atoms with Crippen LogP contribution in [0, 0.1) is 0 Å². The number of imidazole rings is 1. The van der Waals surface area contributed by atoms with E-state index in [-0.39, 0.29) is 12.5 Å². The Morgan fingerprint density at radius 1 is 1.33 bits per heavy atom. The molecule has 7 nitrogen and oxygen atoms in total. The molecule has 0 atom stereocenters. The van der Waals surface area contributed by atoms with Gasteiger partial charge in [0.2, 0.25) is 5.91 Å². The number of fused-ring (bicyclic) bond motifs is 1. The molecule has 0 aliphatic carbocycles. The fourth-order valence-corrected chi connectivity index (χ4v) is 2.59. The number of nitrogens with one attached hydrogen (secondary N) is 2. The Hall–Kier alpha value is -2.31. The molecule has 1 fully saturated rings. The topological polar surface area (TPSA) is 74.6 Å². The van der Waals surface area contributed by atoms with Crippen LogP contribution in [0.15, 0.2) is 18.6 Å². The number of likely N-dealkylation sites (tertiary alicyclic amines) is 1. The fraction of sp³-hybridized carbons (Fsp3) is 0.500. The number of nitrogens with zero attached hydrogens (tertiary/aromatic N) is 4. The summed E-state index contributed by atoms with van der Waals surface area (Å²) in [5.74, 6) is 1.47. The van der Waals surface area contributed by atoms with Gasteiger partial charge >= 0.3 is 0 Å². The van der Waals surface area contributed by atoms with E-state index in [2.05, 4.69) is 20.6 Å². The monoisotopic (exact) mass is 288 g/mol. The molecule has 0 spiro atoms.